The molecule has 0 radical (unpaired) electrons. The summed E-state index contributed by atoms with van der Waals surface area (Å²) in [6, 6.07) is 17.4. The maximum absolute atomic E-state index is 14.1. The molecule has 1 N–H and O–H groups in total. The minimum atomic E-state index is -4.13. The van der Waals surface area contributed by atoms with Gasteiger partial charge in [-0.15, -0.1) is 0 Å². The Balaban J connectivity index is 2.11. The number of rotatable bonds is 11. The Hall–Kier alpha value is -3.07. The highest BCUT2D eigenvalue weighted by atomic mass is 35.5. The van der Waals surface area contributed by atoms with E-state index >= 15 is 0 Å². The highest BCUT2D eigenvalue weighted by molar-refractivity contribution is 7.92. The third-order valence-corrected chi connectivity index (χ3v) is 8.91. The zero-order chi connectivity index (χ0) is 28.7. The van der Waals surface area contributed by atoms with E-state index in [9.17, 15) is 18.0 Å². The first kappa shape index (κ1) is 30.5. The Bertz CT molecular complexity index is 1430. The van der Waals surface area contributed by atoms with E-state index in [2.05, 4.69) is 5.32 Å². The van der Waals surface area contributed by atoms with Gasteiger partial charge in [-0.05, 0) is 74.2 Å². The van der Waals surface area contributed by atoms with Gasteiger partial charge in [0.2, 0.25) is 11.8 Å². The number of nitrogens with zero attached hydrogens (tertiary/aromatic N) is 2. The average molecular weight is 591 g/mol. The van der Waals surface area contributed by atoms with E-state index in [-0.39, 0.29) is 17.3 Å². The first-order valence-electron chi connectivity index (χ1n) is 12.7. The molecule has 0 aromatic heterocycles. The predicted octanol–water partition coefficient (Wildman–Crippen LogP) is 5.75. The predicted molar refractivity (Wildman–Crippen MR) is 157 cm³/mol. The van der Waals surface area contributed by atoms with Gasteiger partial charge < -0.3 is 10.2 Å². The van der Waals surface area contributed by atoms with E-state index in [1.54, 1.807) is 62.4 Å². The standard InChI is InChI=1S/C29H33Cl2N3O4S/c1-5-26(29(36)32-6-2)33(18-22-15-16-23(30)17-25(22)31)28(35)19-34(27-14-10-11-20(3)21(27)4)39(37,38)24-12-8-7-9-13-24/h7-17,26H,5-6,18-19H2,1-4H3,(H,32,36)/t26-/m1/s1. The van der Waals surface area contributed by atoms with Crippen LogP contribution in [0.15, 0.2) is 71.6 Å². The number of hydrogen-bond acceptors (Lipinski definition) is 4. The molecule has 0 saturated heterocycles. The minimum absolute atomic E-state index is 0.00347. The minimum Gasteiger partial charge on any atom is -0.355 e. The van der Waals surface area contributed by atoms with Gasteiger partial charge in [0.25, 0.3) is 10.0 Å². The fourth-order valence-electron chi connectivity index (χ4n) is 4.28. The summed E-state index contributed by atoms with van der Waals surface area (Å²) in [4.78, 5) is 28.5. The fraction of sp³-hybridized carbons (Fsp3) is 0.310. The molecule has 0 spiro atoms. The van der Waals surface area contributed by atoms with Crippen LogP contribution < -0.4 is 9.62 Å². The topological polar surface area (TPSA) is 86.8 Å². The highest BCUT2D eigenvalue weighted by Gasteiger charge is 2.34. The van der Waals surface area contributed by atoms with Gasteiger partial charge in [-0.25, -0.2) is 8.42 Å². The van der Waals surface area contributed by atoms with Crippen molar-refractivity contribution in [2.45, 2.75) is 51.6 Å². The lowest BCUT2D eigenvalue weighted by molar-refractivity contribution is -0.140. The lowest BCUT2D eigenvalue weighted by Crippen LogP contribution is -2.52. The molecule has 0 aliphatic rings. The van der Waals surface area contributed by atoms with Crippen molar-refractivity contribution in [3.63, 3.8) is 0 Å². The van der Waals surface area contributed by atoms with Crippen molar-refractivity contribution >= 4 is 50.7 Å². The van der Waals surface area contributed by atoms with Crippen molar-refractivity contribution in [3.8, 4) is 0 Å². The summed E-state index contributed by atoms with van der Waals surface area (Å²) in [6.45, 7) is 7.16. The number of halogens is 2. The second-order valence-corrected chi connectivity index (χ2v) is 11.8. The molecule has 3 aromatic rings. The SMILES string of the molecule is CCNC(=O)[C@@H](CC)N(Cc1ccc(Cl)cc1Cl)C(=O)CN(c1cccc(C)c1C)S(=O)(=O)c1ccccc1. The molecule has 208 valence electrons. The van der Waals surface area contributed by atoms with E-state index in [0.29, 0.717) is 34.3 Å². The number of carbonyl (C=O) groups excluding carboxylic acids is 2. The fourth-order valence-corrected chi connectivity index (χ4v) is 6.24. The molecular weight excluding hydrogens is 557 g/mol. The quantitative estimate of drug-likeness (QED) is 0.308. The number of sulfonamides is 1. The zero-order valence-electron chi connectivity index (χ0n) is 22.4. The number of hydrogen-bond donors (Lipinski definition) is 1. The van der Waals surface area contributed by atoms with Crippen LogP contribution in [0.2, 0.25) is 10.0 Å². The molecule has 0 aliphatic heterocycles. The third kappa shape index (κ3) is 7.12. The molecule has 3 aromatic carbocycles. The number of benzene rings is 3. The molecule has 10 heteroatoms. The highest BCUT2D eigenvalue weighted by Crippen LogP contribution is 2.30. The maximum Gasteiger partial charge on any atom is 0.264 e. The Morgan fingerprint density at radius 1 is 0.949 bits per heavy atom. The summed E-state index contributed by atoms with van der Waals surface area (Å²) >= 11 is 12.5. The van der Waals surface area contributed by atoms with Crippen LogP contribution >= 0.6 is 23.2 Å². The van der Waals surface area contributed by atoms with Crippen LogP contribution in [0.4, 0.5) is 5.69 Å². The van der Waals surface area contributed by atoms with Crippen molar-refractivity contribution in [2.75, 3.05) is 17.4 Å². The van der Waals surface area contributed by atoms with Gasteiger partial charge in [0.05, 0.1) is 10.6 Å². The lowest BCUT2D eigenvalue weighted by Gasteiger charge is -2.33. The monoisotopic (exact) mass is 589 g/mol. The number of aryl methyl sites for hydroxylation is 1. The van der Waals surface area contributed by atoms with Crippen LogP contribution in [0, 0.1) is 13.8 Å². The second kappa shape index (κ2) is 13.3. The van der Waals surface area contributed by atoms with Crippen LogP contribution in [0.3, 0.4) is 0 Å². The van der Waals surface area contributed by atoms with Crippen molar-refractivity contribution in [1.82, 2.24) is 10.2 Å². The van der Waals surface area contributed by atoms with E-state index in [1.807, 2.05) is 19.9 Å². The Labute approximate surface area is 240 Å². The first-order chi connectivity index (χ1) is 18.5. The summed E-state index contributed by atoms with van der Waals surface area (Å²) < 4.78 is 29.0. The normalized spacial score (nSPS) is 12.1. The van der Waals surface area contributed by atoms with Crippen molar-refractivity contribution in [1.29, 1.82) is 0 Å². The van der Waals surface area contributed by atoms with E-state index < -0.39 is 28.5 Å². The lowest BCUT2D eigenvalue weighted by atomic mass is 10.1. The molecule has 0 aliphatic carbocycles. The summed E-state index contributed by atoms with van der Waals surface area (Å²) in [5, 5.41) is 3.56. The first-order valence-corrected chi connectivity index (χ1v) is 14.9. The molecule has 7 nitrogen and oxygen atoms in total. The van der Waals surface area contributed by atoms with Gasteiger partial charge in [0.1, 0.15) is 12.6 Å². The molecule has 1 atom stereocenters. The smallest absolute Gasteiger partial charge is 0.264 e. The number of carbonyl (C=O) groups is 2. The van der Waals surface area contributed by atoms with Crippen LogP contribution in [-0.4, -0.2) is 44.3 Å². The molecule has 0 saturated carbocycles. The van der Waals surface area contributed by atoms with Gasteiger partial charge in [-0.1, -0.05) is 66.5 Å². The molecule has 39 heavy (non-hydrogen) atoms. The van der Waals surface area contributed by atoms with Crippen LogP contribution in [0.5, 0.6) is 0 Å². The summed E-state index contributed by atoms with van der Waals surface area (Å²) in [7, 11) is -4.13. The van der Waals surface area contributed by atoms with Crippen molar-refractivity contribution in [2.24, 2.45) is 0 Å². The van der Waals surface area contributed by atoms with E-state index in [1.165, 1.54) is 17.0 Å². The van der Waals surface area contributed by atoms with E-state index in [4.69, 9.17) is 23.2 Å². The Morgan fingerprint density at radius 2 is 1.64 bits per heavy atom. The molecule has 2 amide bonds. The van der Waals surface area contributed by atoms with Crippen LogP contribution in [0.1, 0.15) is 37.0 Å². The number of anilines is 1. The Kier molecular flexibility index (Phi) is 10.4. The summed E-state index contributed by atoms with van der Waals surface area (Å²) in [6.07, 6.45) is 0.317. The van der Waals surface area contributed by atoms with Gasteiger partial charge in [-0.3, -0.25) is 13.9 Å². The summed E-state index contributed by atoms with van der Waals surface area (Å²) in [5.74, 6) is -0.873. The van der Waals surface area contributed by atoms with E-state index in [0.717, 1.165) is 15.4 Å². The van der Waals surface area contributed by atoms with Crippen molar-refractivity contribution < 1.29 is 18.0 Å². The second-order valence-electron chi connectivity index (χ2n) is 9.12. The molecule has 0 bridgehead atoms. The largest absolute Gasteiger partial charge is 0.355 e. The van der Waals surface area contributed by atoms with Gasteiger partial charge >= 0.3 is 0 Å². The summed E-state index contributed by atoms with van der Waals surface area (Å²) in [5.41, 5.74) is 2.59. The number of likely N-dealkylation sites (N-methyl/N-ethyl adjacent to an activating group) is 1. The van der Waals surface area contributed by atoms with Crippen LogP contribution in [0.25, 0.3) is 0 Å². The van der Waals surface area contributed by atoms with Gasteiger partial charge in [0.15, 0.2) is 0 Å². The zero-order valence-corrected chi connectivity index (χ0v) is 24.8. The third-order valence-electron chi connectivity index (χ3n) is 6.55. The molecular formula is C29H33Cl2N3O4S. The maximum atomic E-state index is 14.1. The molecule has 0 fully saturated rings. The Morgan fingerprint density at radius 3 is 2.26 bits per heavy atom. The molecule has 0 heterocycles. The number of nitrogens with one attached hydrogen (secondary N) is 1. The van der Waals surface area contributed by atoms with Crippen LogP contribution in [-0.2, 0) is 26.2 Å². The average Bonchev–Trinajstić information content (AvgIpc) is 2.90. The molecule has 3 rings (SSSR count). The van der Waals surface area contributed by atoms with Gasteiger partial charge in [0, 0.05) is 23.1 Å². The molecule has 0 unspecified atom stereocenters. The number of amides is 2. The van der Waals surface area contributed by atoms with Crippen molar-refractivity contribution in [3.05, 3.63) is 93.5 Å². The van der Waals surface area contributed by atoms with Gasteiger partial charge in [-0.2, -0.15) is 0 Å².